The van der Waals surface area contributed by atoms with E-state index in [1.54, 1.807) is 30.3 Å². The number of nitrogens with one attached hydrogen (secondary N) is 2. The molecule has 2 amide bonds. The number of carbonyl (C=O) groups is 1. The number of para-hydroxylation sites is 2. The highest BCUT2D eigenvalue weighted by Crippen LogP contribution is 2.38. The van der Waals surface area contributed by atoms with Crippen molar-refractivity contribution in [3.63, 3.8) is 0 Å². The third kappa shape index (κ3) is 4.76. The smallest absolute Gasteiger partial charge is 0.428 e. The molecule has 0 saturated heterocycles. The number of halogens is 6. The summed E-state index contributed by atoms with van der Waals surface area (Å²) >= 11 is 0. The molecule has 1 atom stereocenters. The Bertz CT molecular complexity index is 1050. The van der Waals surface area contributed by atoms with Gasteiger partial charge in [-0.05, 0) is 23.6 Å². The molecule has 0 radical (unpaired) electrons. The molecule has 0 spiro atoms. The van der Waals surface area contributed by atoms with Gasteiger partial charge < -0.3 is 15.4 Å². The van der Waals surface area contributed by atoms with Gasteiger partial charge in [0.25, 0.3) is 6.17 Å². The molecule has 0 heterocycles. The highest BCUT2D eigenvalue weighted by atomic mass is 19.4. The van der Waals surface area contributed by atoms with Crippen LogP contribution in [0.2, 0.25) is 0 Å². The Morgan fingerprint density at radius 2 is 1.37 bits per heavy atom. The molecule has 0 aliphatic heterocycles. The number of alkyl halides is 6. The molecule has 0 aromatic heterocycles. The second-order valence-corrected chi connectivity index (χ2v) is 6.17. The topological polar surface area (TPSA) is 50.4 Å². The summed E-state index contributed by atoms with van der Waals surface area (Å²) in [6.07, 6.45) is -15.6. The van der Waals surface area contributed by atoms with Crippen LogP contribution in [-0.2, 0) is 0 Å². The molecular weight excluding hydrogens is 414 g/mol. The fraction of sp³-hybridized carbons (Fsp3) is 0.150. The summed E-state index contributed by atoms with van der Waals surface area (Å²) in [5, 5.41) is 6.27. The van der Waals surface area contributed by atoms with Gasteiger partial charge >= 0.3 is 18.3 Å². The van der Waals surface area contributed by atoms with E-state index in [1.807, 2.05) is 12.1 Å². The lowest BCUT2D eigenvalue weighted by atomic mass is 10.1. The molecule has 0 unspecified atom stereocenters. The van der Waals surface area contributed by atoms with Crippen molar-refractivity contribution in [3.8, 4) is 5.75 Å². The van der Waals surface area contributed by atoms with Crippen molar-refractivity contribution in [1.82, 2.24) is 0 Å². The molecule has 30 heavy (non-hydrogen) atoms. The lowest BCUT2D eigenvalue weighted by Crippen LogP contribution is -2.45. The van der Waals surface area contributed by atoms with Gasteiger partial charge in [0.15, 0.2) is 0 Å². The first-order valence-corrected chi connectivity index (χ1v) is 8.50. The quantitative estimate of drug-likeness (QED) is 0.465. The number of hydrogen-bond acceptors (Lipinski definition) is 2. The lowest BCUT2D eigenvalue weighted by Gasteiger charge is -2.24. The van der Waals surface area contributed by atoms with Crippen molar-refractivity contribution in [1.29, 1.82) is 0 Å². The molecule has 10 heteroatoms. The average molecular weight is 428 g/mol. The summed E-state index contributed by atoms with van der Waals surface area (Å²) in [5.74, 6) is -0.831. The van der Waals surface area contributed by atoms with Crippen LogP contribution in [0.4, 0.5) is 42.5 Å². The van der Waals surface area contributed by atoms with Gasteiger partial charge in [0.2, 0.25) is 0 Å². The first-order valence-electron chi connectivity index (χ1n) is 8.50. The number of urea groups is 1. The van der Waals surface area contributed by atoms with E-state index in [0.717, 1.165) is 17.5 Å². The second-order valence-electron chi connectivity index (χ2n) is 6.17. The van der Waals surface area contributed by atoms with Crippen LogP contribution in [0.3, 0.4) is 0 Å². The molecular formula is C20H14F6N2O2. The SMILES string of the molecule is O=C(Nc1ccccc1OC(F)(F)[C@@H](F)C(F)(F)F)Nc1cccc2ccccc12. The summed E-state index contributed by atoms with van der Waals surface area (Å²) < 4.78 is 81.2. The van der Waals surface area contributed by atoms with Gasteiger partial charge in [0.1, 0.15) is 5.75 Å². The normalized spacial score (nSPS) is 13.0. The predicted molar refractivity (Wildman–Crippen MR) is 99.6 cm³/mol. The van der Waals surface area contributed by atoms with Crippen molar-refractivity contribution in [3.05, 3.63) is 66.7 Å². The van der Waals surface area contributed by atoms with E-state index >= 15 is 0 Å². The Balaban J connectivity index is 1.78. The first-order chi connectivity index (χ1) is 14.1. The number of carbonyl (C=O) groups excluding carboxylic acids is 1. The number of benzene rings is 3. The molecule has 3 rings (SSSR count). The number of anilines is 2. The van der Waals surface area contributed by atoms with Gasteiger partial charge in [-0.15, -0.1) is 0 Å². The third-order valence-electron chi connectivity index (χ3n) is 4.00. The second kappa shape index (κ2) is 8.13. The number of amides is 2. The Kier molecular flexibility index (Phi) is 5.77. The highest BCUT2D eigenvalue weighted by Gasteiger charge is 2.59. The minimum absolute atomic E-state index is 0.371. The fourth-order valence-corrected chi connectivity index (χ4v) is 2.66. The Morgan fingerprint density at radius 3 is 2.10 bits per heavy atom. The molecule has 4 nitrogen and oxygen atoms in total. The van der Waals surface area contributed by atoms with Crippen LogP contribution >= 0.6 is 0 Å². The molecule has 3 aromatic rings. The van der Waals surface area contributed by atoms with Gasteiger partial charge in [0, 0.05) is 5.39 Å². The van der Waals surface area contributed by atoms with Crippen molar-refractivity contribution in [2.75, 3.05) is 10.6 Å². The maximum absolute atomic E-state index is 13.6. The van der Waals surface area contributed by atoms with E-state index in [4.69, 9.17) is 0 Å². The van der Waals surface area contributed by atoms with Crippen molar-refractivity contribution in [2.45, 2.75) is 18.5 Å². The van der Waals surface area contributed by atoms with Crippen LogP contribution < -0.4 is 15.4 Å². The zero-order chi connectivity index (χ0) is 21.9. The standard InChI is InChI=1S/C20H14F6N2O2/c21-17(19(22,23)24)20(25,26)30-16-11-4-3-9-15(16)28-18(29)27-14-10-5-7-12-6-1-2-8-13(12)14/h1-11,17H,(H2,27,28,29)/t17-/m0/s1. The number of hydrogen-bond donors (Lipinski definition) is 2. The summed E-state index contributed by atoms with van der Waals surface area (Å²) in [5.41, 5.74) is 0.0412. The minimum atomic E-state index is -5.82. The maximum Gasteiger partial charge on any atom is 0.439 e. The van der Waals surface area contributed by atoms with Crippen LogP contribution in [-0.4, -0.2) is 24.5 Å². The van der Waals surface area contributed by atoms with Crippen LogP contribution in [0.15, 0.2) is 66.7 Å². The van der Waals surface area contributed by atoms with Crippen LogP contribution in [0.1, 0.15) is 0 Å². The monoisotopic (exact) mass is 428 g/mol. The summed E-state index contributed by atoms with van der Waals surface area (Å²) in [6, 6.07) is 15.9. The van der Waals surface area contributed by atoms with Gasteiger partial charge in [-0.25, -0.2) is 9.18 Å². The van der Waals surface area contributed by atoms with E-state index in [1.165, 1.54) is 12.1 Å². The largest absolute Gasteiger partial charge is 0.439 e. The molecule has 0 aliphatic rings. The summed E-state index contributed by atoms with van der Waals surface area (Å²) in [4.78, 5) is 12.3. The van der Waals surface area contributed by atoms with Gasteiger partial charge in [0.05, 0.1) is 11.4 Å². The van der Waals surface area contributed by atoms with Crippen molar-refractivity contribution >= 4 is 28.2 Å². The molecule has 0 aliphatic carbocycles. The highest BCUT2D eigenvalue weighted by molar-refractivity contribution is 6.06. The maximum atomic E-state index is 13.6. The lowest BCUT2D eigenvalue weighted by molar-refractivity contribution is -0.304. The molecule has 158 valence electrons. The summed E-state index contributed by atoms with van der Waals surface area (Å²) in [7, 11) is 0. The van der Waals surface area contributed by atoms with Gasteiger partial charge in [-0.1, -0.05) is 48.5 Å². The van der Waals surface area contributed by atoms with Crippen molar-refractivity contribution in [2.24, 2.45) is 0 Å². The molecule has 2 N–H and O–H groups in total. The Morgan fingerprint density at radius 1 is 0.800 bits per heavy atom. The number of fused-ring (bicyclic) bond motifs is 1. The van der Waals surface area contributed by atoms with Gasteiger partial charge in [-0.3, -0.25) is 0 Å². The molecule has 0 bridgehead atoms. The van der Waals surface area contributed by atoms with Crippen molar-refractivity contribution < 1.29 is 35.9 Å². The Labute approximate surface area is 166 Å². The van der Waals surface area contributed by atoms with E-state index in [2.05, 4.69) is 15.4 Å². The minimum Gasteiger partial charge on any atom is -0.428 e. The Hall–Kier alpha value is -3.43. The first kappa shape index (κ1) is 21.3. The number of ether oxygens (including phenoxy) is 1. The van der Waals surface area contributed by atoms with E-state index < -0.39 is 30.2 Å². The van der Waals surface area contributed by atoms with E-state index in [-0.39, 0.29) is 5.69 Å². The predicted octanol–water partition coefficient (Wildman–Crippen LogP) is 6.36. The molecule has 3 aromatic carbocycles. The average Bonchev–Trinajstić information content (AvgIpc) is 2.68. The zero-order valence-electron chi connectivity index (χ0n) is 15.0. The third-order valence-corrected chi connectivity index (χ3v) is 4.00. The molecule has 0 fully saturated rings. The molecule has 0 saturated carbocycles. The van der Waals surface area contributed by atoms with Crippen LogP contribution in [0.25, 0.3) is 10.8 Å². The summed E-state index contributed by atoms with van der Waals surface area (Å²) in [6.45, 7) is 0. The van der Waals surface area contributed by atoms with E-state index in [9.17, 15) is 31.1 Å². The van der Waals surface area contributed by atoms with Gasteiger partial charge in [-0.2, -0.15) is 22.0 Å². The van der Waals surface area contributed by atoms with Crippen LogP contribution in [0.5, 0.6) is 5.75 Å². The fourth-order valence-electron chi connectivity index (χ4n) is 2.66. The number of rotatable bonds is 5. The van der Waals surface area contributed by atoms with E-state index in [0.29, 0.717) is 11.1 Å². The van der Waals surface area contributed by atoms with Crippen LogP contribution in [0, 0.1) is 0 Å². The zero-order valence-corrected chi connectivity index (χ0v) is 15.0.